The molecule has 0 aliphatic rings. The Kier molecular flexibility index (Phi) is 3.83. The lowest BCUT2D eigenvalue weighted by Crippen LogP contribution is -1.77. The number of hydrogen-bond acceptors (Lipinski definition) is 6. The van der Waals surface area contributed by atoms with Gasteiger partial charge in [0.1, 0.15) is 5.75 Å². The summed E-state index contributed by atoms with van der Waals surface area (Å²) in [5.41, 5.74) is 2.17. The summed E-state index contributed by atoms with van der Waals surface area (Å²) in [7, 11) is 0. The summed E-state index contributed by atoms with van der Waals surface area (Å²) in [4.78, 5) is 0.234. The predicted molar refractivity (Wildman–Crippen MR) is 96.9 cm³/mol. The molecule has 0 fully saturated rings. The Morgan fingerprint density at radius 3 is 2.40 bits per heavy atom. The van der Waals surface area contributed by atoms with Crippen molar-refractivity contribution in [1.82, 2.24) is 10.2 Å². The molecule has 0 atom stereocenters. The minimum atomic E-state index is 0.225. The Morgan fingerprint density at radius 1 is 0.920 bits per heavy atom. The zero-order valence-corrected chi connectivity index (χ0v) is 13.7. The van der Waals surface area contributed by atoms with E-state index < -0.39 is 0 Å². The zero-order chi connectivity index (χ0) is 17.2. The third kappa shape index (κ3) is 3.05. The van der Waals surface area contributed by atoms with Crippen molar-refractivity contribution in [3.8, 4) is 17.2 Å². The Labute approximate surface area is 147 Å². The van der Waals surface area contributed by atoms with E-state index in [9.17, 15) is 5.11 Å². The van der Waals surface area contributed by atoms with Crippen LogP contribution >= 0.6 is 12.2 Å². The molecule has 0 amide bonds. The first kappa shape index (κ1) is 15.2. The number of aromatic hydroxyl groups is 1. The van der Waals surface area contributed by atoms with Crippen molar-refractivity contribution in [2.75, 3.05) is 0 Å². The maximum absolute atomic E-state index is 9.92. The number of rotatable bonds is 3. The molecule has 0 aliphatic carbocycles. The fourth-order valence-electron chi connectivity index (χ4n) is 2.49. The minimum Gasteiger partial charge on any atom is -0.507 e. The van der Waals surface area contributed by atoms with Crippen molar-refractivity contribution in [2.45, 2.75) is 0 Å². The number of phenolic OH excluding ortho intramolecular Hbond substituents is 1. The Bertz CT molecular complexity index is 1130. The van der Waals surface area contributed by atoms with Crippen LogP contribution in [0.5, 0.6) is 5.75 Å². The smallest absolute Gasteiger partial charge is 0.284 e. The highest BCUT2D eigenvalue weighted by molar-refractivity contribution is 7.71. The summed E-state index contributed by atoms with van der Waals surface area (Å²) in [5.74, 6) is 0.654. The highest BCUT2D eigenvalue weighted by Gasteiger charge is 2.05. The Morgan fingerprint density at radius 2 is 1.68 bits per heavy atom. The monoisotopic (exact) mass is 348 g/mol. The second-order valence-corrected chi connectivity index (χ2v) is 5.69. The number of nitrogens with one attached hydrogen (secondary N) is 1. The summed E-state index contributed by atoms with van der Waals surface area (Å²) < 4.78 is 5.27. The van der Waals surface area contributed by atoms with Crippen LogP contribution in [0.15, 0.2) is 75.3 Å². The molecular weight excluding hydrogens is 336 g/mol. The van der Waals surface area contributed by atoms with Crippen molar-refractivity contribution in [3.63, 3.8) is 0 Å². The molecule has 0 saturated carbocycles. The fraction of sp³-hybridized carbons (Fsp3) is 0. The highest BCUT2D eigenvalue weighted by Crippen LogP contribution is 2.33. The van der Waals surface area contributed by atoms with Crippen molar-refractivity contribution in [3.05, 3.63) is 65.5 Å². The van der Waals surface area contributed by atoms with E-state index in [2.05, 4.69) is 20.4 Å². The van der Waals surface area contributed by atoms with Crippen LogP contribution in [0.25, 0.3) is 22.2 Å². The second-order valence-electron chi connectivity index (χ2n) is 5.31. The number of hydrogen-bond donors (Lipinski definition) is 2. The first-order valence-corrected chi connectivity index (χ1v) is 7.90. The van der Waals surface area contributed by atoms with Crippen LogP contribution in [0.4, 0.5) is 11.4 Å². The third-order valence-corrected chi connectivity index (χ3v) is 3.88. The van der Waals surface area contributed by atoms with Crippen molar-refractivity contribution in [2.24, 2.45) is 10.2 Å². The Hall–Kier alpha value is -3.32. The molecule has 0 aliphatic heterocycles. The number of aromatic nitrogens is 2. The van der Waals surface area contributed by atoms with Crippen LogP contribution < -0.4 is 0 Å². The first-order valence-electron chi connectivity index (χ1n) is 7.49. The van der Waals surface area contributed by atoms with Crippen LogP contribution in [0, 0.1) is 4.84 Å². The molecule has 4 rings (SSSR count). The molecule has 1 heterocycles. The van der Waals surface area contributed by atoms with E-state index in [1.807, 2.05) is 48.5 Å². The van der Waals surface area contributed by atoms with E-state index >= 15 is 0 Å². The summed E-state index contributed by atoms with van der Waals surface area (Å²) in [5, 5.41) is 26.6. The summed E-state index contributed by atoms with van der Waals surface area (Å²) >= 11 is 4.87. The largest absolute Gasteiger partial charge is 0.507 e. The number of aromatic amines is 1. The molecular formula is C18H12N4O2S. The molecule has 7 heteroatoms. The van der Waals surface area contributed by atoms with E-state index in [1.54, 1.807) is 12.1 Å². The molecule has 4 aromatic rings. The lowest BCUT2D eigenvalue weighted by atomic mass is 10.1. The van der Waals surface area contributed by atoms with E-state index in [4.69, 9.17) is 16.6 Å². The van der Waals surface area contributed by atoms with Gasteiger partial charge in [0.15, 0.2) is 0 Å². The van der Waals surface area contributed by atoms with Crippen LogP contribution in [0.3, 0.4) is 0 Å². The molecule has 2 N–H and O–H groups in total. The van der Waals surface area contributed by atoms with Gasteiger partial charge in [-0.3, -0.25) is 0 Å². The van der Waals surface area contributed by atoms with Gasteiger partial charge in [0.2, 0.25) is 5.89 Å². The molecule has 0 saturated heterocycles. The number of azo groups is 1. The molecule has 25 heavy (non-hydrogen) atoms. The van der Waals surface area contributed by atoms with Crippen molar-refractivity contribution < 1.29 is 9.52 Å². The van der Waals surface area contributed by atoms with E-state index in [0.717, 1.165) is 16.3 Å². The summed E-state index contributed by atoms with van der Waals surface area (Å²) in [6.07, 6.45) is 0. The number of nitrogens with zero attached hydrogens (tertiary/aromatic N) is 3. The molecule has 0 unspecified atom stereocenters. The van der Waals surface area contributed by atoms with Gasteiger partial charge in [-0.25, -0.2) is 5.10 Å². The van der Waals surface area contributed by atoms with E-state index in [-0.39, 0.29) is 10.6 Å². The average molecular weight is 348 g/mol. The Balaban J connectivity index is 1.64. The van der Waals surface area contributed by atoms with E-state index in [0.29, 0.717) is 17.3 Å². The van der Waals surface area contributed by atoms with Gasteiger partial charge < -0.3 is 9.52 Å². The highest BCUT2D eigenvalue weighted by atomic mass is 32.1. The lowest BCUT2D eigenvalue weighted by Gasteiger charge is -2.03. The molecule has 0 spiro atoms. The van der Waals surface area contributed by atoms with Gasteiger partial charge in [-0.2, -0.15) is 5.11 Å². The van der Waals surface area contributed by atoms with Crippen molar-refractivity contribution in [1.29, 1.82) is 0 Å². The first-order chi connectivity index (χ1) is 12.2. The standard InChI is InChI=1S/C18H12N4O2S/c23-16-10-9-15(13-3-1-2-4-14(13)16)20-19-12-7-5-11(6-8-12)17-21-22-18(25)24-17/h1-10,23H,(H,22,25). The normalized spacial score (nSPS) is 11.4. The predicted octanol–water partition coefficient (Wildman–Crippen LogP) is 5.67. The van der Waals surface area contributed by atoms with Gasteiger partial charge >= 0.3 is 0 Å². The van der Waals surface area contributed by atoms with E-state index in [1.165, 1.54) is 0 Å². The number of phenols is 1. The molecule has 0 bridgehead atoms. The maximum atomic E-state index is 9.92. The van der Waals surface area contributed by atoms with Crippen LogP contribution in [0.2, 0.25) is 0 Å². The second kappa shape index (κ2) is 6.29. The number of benzene rings is 3. The molecule has 0 radical (unpaired) electrons. The van der Waals surface area contributed by atoms with Crippen LogP contribution in [-0.2, 0) is 0 Å². The SMILES string of the molecule is Oc1ccc(N=Nc2ccc(-c3n[nH]c(=S)o3)cc2)c2ccccc12. The van der Waals surface area contributed by atoms with Gasteiger partial charge in [0.05, 0.1) is 11.4 Å². The minimum absolute atomic E-state index is 0.225. The number of fused-ring (bicyclic) bond motifs is 1. The van der Waals surface area contributed by atoms with Gasteiger partial charge in [-0.1, -0.05) is 24.3 Å². The van der Waals surface area contributed by atoms with Crippen molar-refractivity contribution >= 4 is 34.4 Å². The van der Waals surface area contributed by atoms with Gasteiger partial charge in [0, 0.05) is 16.3 Å². The molecule has 6 nitrogen and oxygen atoms in total. The summed E-state index contributed by atoms with van der Waals surface area (Å²) in [6.45, 7) is 0. The topological polar surface area (TPSA) is 86.8 Å². The van der Waals surface area contributed by atoms with Gasteiger partial charge in [-0.05, 0) is 48.6 Å². The zero-order valence-electron chi connectivity index (χ0n) is 12.9. The van der Waals surface area contributed by atoms with Crippen LogP contribution in [-0.4, -0.2) is 15.3 Å². The molecule has 1 aromatic heterocycles. The quantitative estimate of drug-likeness (QED) is 0.369. The molecule has 3 aromatic carbocycles. The third-order valence-electron chi connectivity index (χ3n) is 3.70. The maximum Gasteiger partial charge on any atom is 0.284 e. The molecule has 122 valence electrons. The van der Waals surface area contributed by atoms with Gasteiger partial charge in [0.25, 0.3) is 4.84 Å². The lowest BCUT2D eigenvalue weighted by molar-refractivity contribution is 0.481. The number of H-pyrrole nitrogens is 1. The fourth-order valence-corrected chi connectivity index (χ4v) is 2.61. The van der Waals surface area contributed by atoms with Gasteiger partial charge in [-0.15, -0.1) is 10.2 Å². The van der Waals surface area contributed by atoms with Crippen LogP contribution in [0.1, 0.15) is 0 Å². The summed E-state index contributed by atoms with van der Waals surface area (Å²) in [6, 6.07) is 18.2. The average Bonchev–Trinajstić information content (AvgIpc) is 3.08.